The Balaban J connectivity index is 1.35. The van der Waals surface area contributed by atoms with Crippen molar-refractivity contribution < 1.29 is 0 Å². The topological polar surface area (TPSA) is 0 Å². The molecule has 0 atom stereocenters. The summed E-state index contributed by atoms with van der Waals surface area (Å²) in [4.78, 5) is 4.47. The molecule has 3 aliphatic carbocycles. The van der Waals surface area contributed by atoms with Crippen LogP contribution in [0.5, 0.6) is 0 Å². The average Bonchev–Trinajstić information content (AvgIpc) is 3.77. The third-order valence-corrected chi connectivity index (χ3v) is 19.3. The maximum atomic E-state index is 2.75. The highest BCUT2D eigenvalue weighted by molar-refractivity contribution is 8.33. The highest BCUT2D eigenvalue weighted by Gasteiger charge is 2.48. The second-order valence-electron chi connectivity index (χ2n) is 23.5. The first-order valence-electron chi connectivity index (χ1n) is 25.5. The van der Waals surface area contributed by atoms with Gasteiger partial charge in [-0.15, -0.1) is 0 Å². The Labute approximate surface area is 396 Å². The van der Waals surface area contributed by atoms with E-state index in [1.54, 1.807) is 16.7 Å². The molecule has 0 aromatic heterocycles. The van der Waals surface area contributed by atoms with Crippen molar-refractivity contribution in [2.45, 2.75) is 153 Å². The molecule has 0 radical (unpaired) electrons. The van der Waals surface area contributed by atoms with E-state index in [1.165, 1.54) is 64.8 Å². The van der Waals surface area contributed by atoms with Crippen molar-refractivity contribution in [3.05, 3.63) is 161 Å². The number of fused-ring (bicyclic) bond motifs is 9. The van der Waals surface area contributed by atoms with Crippen LogP contribution in [-0.4, -0.2) is 6.26 Å². The Kier molecular flexibility index (Phi) is 12.0. The van der Waals surface area contributed by atoms with Crippen molar-refractivity contribution in [1.29, 1.82) is 0 Å². The molecule has 6 aromatic carbocycles. The Morgan fingerprint density at radius 1 is 0.292 bits per heavy atom. The maximum Gasteiger partial charge on any atom is 0.0220 e. The fourth-order valence-electron chi connectivity index (χ4n) is 14.2. The zero-order chi connectivity index (χ0) is 46.2. The standard InChI is InChI=1S/C64H78S/c1-41(2)35-62(36-42(3)4)56-23-17-14-20-50(56)53-29-26-47(32-59(53)62)65(13,48-27-30-54-51-21-15-18-24-57(51)63(37-43(5)6,38-44(7)8)60(54)33-48)49-28-31-55-52-22-16-19-25-58(52)64(39-45(9)10,40-46(11)12)61(55)34-49/h14-34,41-46H,35-40H2,1-13H3. The molecule has 0 bridgehead atoms. The summed E-state index contributed by atoms with van der Waals surface area (Å²) in [5.41, 5.74) is 17.9. The largest absolute Gasteiger partial charge is 0.163 e. The van der Waals surface area contributed by atoms with Crippen LogP contribution in [0.4, 0.5) is 0 Å². The SMILES string of the molecule is CC(C)CC1(CC(C)C)c2ccccc2-c2ccc(S(C)(c3ccc4c(c3)C(CC(C)C)(CC(C)C)c3ccccc3-4)c3ccc4c(c3)C(CC(C)C)(CC(C)C)c3ccccc3-4)cc21. The Bertz CT molecular complexity index is 2390. The molecule has 6 aromatic rings. The van der Waals surface area contributed by atoms with Gasteiger partial charge >= 0.3 is 0 Å². The van der Waals surface area contributed by atoms with Gasteiger partial charge in [-0.1, -0.05) is 174 Å². The van der Waals surface area contributed by atoms with Gasteiger partial charge in [0.25, 0.3) is 0 Å². The summed E-state index contributed by atoms with van der Waals surface area (Å²) < 4.78 is 0. The highest BCUT2D eigenvalue weighted by Crippen LogP contribution is 2.70. The molecule has 0 unspecified atom stereocenters. The lowest BCUT2D eigenvalue weighted by Crippen LogP contribution is -2.30. The molecule has 1 heteroatoms. The van der Waals surface area contributed by atoms with Crippen molar-refractivity contribution in [2.75, 3.05) is 6.26 Å². The third kappa shape index (κ3) is 7.41. The summed E-state index contributed by atoms with van der Waals surface area (Å²) in [6.45, 7) is 29.3. The van der Waals surface area contributed by atoms with Crippen LogP contribution in [0.3, 0.4) is 0 Å². The molecule has 0 N–H and O–H groups in total. The van der Waals surface area contributed by atoms with E-state index in [0.717, 1.165) is 38.5 Å². The van der Waals surface area contributed by atoms with Crippen LogP contribution in [-0.2, 0) is 16.2 Å². The Morgan fingerprint density at radius 3 is 0.738 bits per heavy atom. The Hall–Kier alpha value is -4.33. The quantitative estimate of drug-likeness (QED) is 0.0964. The van der Waals surface area contributed by atoms with Crippen molar-refractivity contribution in [2.24, 2.45) is 35.5 Å². The summed E-state index contributed by atoms with van der Waals surface area (Å²) in [6, 6.07) is 51.9. The van der Waals surface area contributed by atoms with Crippen LogP contribution in [0.1, 0.15) is 155 Å². The van der Waals surface area contributed by atoms with Gasteiger partial charge in [0, 0.05) is 16.2 Å². The number of hydrogen-bond acceptors (Lipinski definition) is 0. The van der Waals surface area contributed by atoms with Crippen LogP contribution in [0.2, 0.25) is 0 Å². The van der Waals surface area contributed by atoms with Gasteiger partial charge in [0.1, 0.15) is 0 Å². The zero-order valence-electron chi connectivity index (χ0n) is 42.2. The summed E-state index contributed by atoms with van der Waals surface area (Å²) in [6.07, 6.45) is 9.59. The smallest absolute Gasteiger partial charge is 0.0220 e. The monoisotopic (exact) mass is 879 g/mol. The van der Waals surface area contributed by atoms with E-state index in [4.69, 9.17) is 0 Å². The van der Waals surface area contributed by atoms with Gasteiger partial charge < -0.3 is 0 Å². The van der Waals surface area contributed by atoms with E-state index < -0.39 is 10.0 Å². The first kappa shape index (κ1) is 45.8. The average molecular weight is 879 g/mol. The minimum atomic E-state index is -1.82. The van der Waals surface area contributed by atoms with Crippen LogP contribution >= 0.6 is 10.0 Å². The molecular formula is C64H78S. The predicted molar refractivity (Wildman–Crippen MR) is 283 cm³/mol. The Morgan fingerprint density at radius 2 is 0.508 bits per heavy atom. The second kappa shape index (κ2) is 17.1. The number of benzene rings is 6. The minimum Gasteiger partial charge on any atom is -0.163 e. The lowest BCUT2D eigenvalue weighted by Gasteiger charge is -2.42. The molecule has 65 heavy (non-hydrogen) atoms. The summed E-state index contributed by atoms with van der Waals surface area (Å²) in [5.74, 6) is 3.40. The molecule has 0 fully saturated rings. The van der Waals surface area contributed by atoms with Crippen LogP contribution in [0.25, 0.3) is 33.4 Å². The fourth-order valence-corrected chi connectivity index (χ4v) is 17.1. The fraction of sp³-hybridized carbons (Fsp3) is 0.438. The van der Waals surface area contributed by atoms with E-state index in [0.29, 0.717) is 35.5 Å². The molecule has 0 spiro atoms. The maximum absolute atomic E-state index is 2.75. The minimum absolute atomic E-state index is 0.0306. The van der Waals surface area contributed by atoms with E-state index in [9.17, 15) is 0 Å². The molecule has 0 saturated carbocycles. The zero-order valence-corrected chi connectivity index (χ0v) is 43.1. The van der Waals surface area contributed by atoms with Gasteiger partial charge in [0.2, 0.25) is 0 Å². The van der Waals surface area contributed by atoms with Crippen molar-refractivity contribution in [3.8, 4) is 33.4 Å². The van der Waals surface area contributed by atoms with E-state index in [-0.39, 0.29) is 16.2 Å². The molecule has 0 aliphatic heterocycles. The first-order chi connectivity index (χ1) is 30.9. The molecule has 9 rings (SSSR count). The molecule has 0 amide bonds. The number of hydrogen-bond donors (Lipinski definition) is 0. The lowest BCUT2D eigenvalue weighted by atomic mass is 9.68. The molecule has 0 nitrogen and oxygen atoms in total. The van der Waals surface area contributed by atoms with Crippen LogP contribution in [0.15, 0.2) is 142 Å². The molecular weight excluding hydrogens is 801 g/mol. The number of rotatable bonds is 15. The molecule has 0 heterocycles. The molecule has 3 aliphatic rings. The summed E-state index contributed by atoms with van der Waals surface area (Å²) >= 11 is 0. The van der Waals surface area contributed by atoms with Gasteiger partial charge in [-0.2, -0.15) is 10.0 Å². The van der Waals surface area contributed by atoms with Gasteiger partial charge in [-0.25, -0.2) is 0 Å². The van der Waals surface area contributed by atoms with Crippen LogP contribution in [0, 0.1) is 35.5 Å². The lowest BCUT2D eigenvalue weighted by molar-refractivity contribution is 0.337. The van der Waals surface area contributed by atoms with Crippen molar-refractivity contribution in [1.82, 2.24) is 0 Å². The normalized spacial score (nSPS) is 16.4. The van der Waals surface area contributed by atoms with E-state index >= 15 is 0 Å². The summed E-state index contributed by atoms with van der Waals surface area (Å²) in [7, 11) is -1.82. The molecule has 340 valence electrons. The predicted octanol–water partition coefficient (Wildman–Crippen LogP) is 18.7. The van der Waals surface area contributed by atoms with Gasteiger partial charge in [-0.05, 0) is 198 Å². The van der Waals surface area contributed by atoms with E-state index in [1.807, 2.05) is 0 Å². The van der Waals surface area contributed by atoms with Gasteiger partial charge in [0.05, 0.1) is 0 Å². The van der Waals surface area contributed by atoms with Crippen molar-refractivity contribution >= 4 is 10.0 Å². The summed E-state index contributed by atoms with van der Waals surface area (Å²) in [5, 5.41) is 0. The highest BCUT2D eigenvalue weighted by atomic mass is 32.3. The van der Waals surface area contributed by atoms with Crippen LogP contribution < -0.4 is 0 Å². The first-order valence-corrected chi connectivity index (χ1v) is 27.5. The van der Waals surface area contributed by atoms with Gasteiger partial charge in [-0.3, -0.25) is 0 Å². The third-order valence-electron chi connectivity index (χ3n) is 15.7. The van der Waals surface area contributed by atoms with Crippen molar-refractivity contribution in [3.63, 3.8) is 0 Å². The molecule has 0 saturated heterocycles. The van der Waals surface area contributed by atoms with Gasteiger partial charge in [0.15, 0.2) is 0 Å². The second-order valence-corrected chi connectivity index (χ2v) is 26.8. The van der Waals surface area contributed by atoms with E-state index in [2.05, 4.69) is 217 Å².